The van der Waals surface area contributed by atoms with E-state index in [1.165, 1.54) is 41.3 Å². The zero-order chi connectivity index (χ0) is 20.6. The number of aromatic nitrogens is 2. The molecule has 3 N–H and O–H groups in total. The van der Waals surface area contributed by atoms with Crippen LogP contribution in [0.15, 0.2) is 53.8 Å². The lowest BCUT2D eigenvalue weighted by molar-refractivity contribution is 0.573. The van der Waals surface area contributed by atoms with Gasteiger partial charge >= 0.3 is 0 Å². The Hall–Kier alpha value is -3.02. The Balaban J connectivity index is 1.35. The molecule has 1 aliphatic heterocycles. The number of nitrogens with zero attached hydrogens (tertiary/aromatic N) is 3. The Kier molecular flexibility index (Phi) is 6.85. The van der Waals surface area contributed by atoms with Crippen molar-refractivity contribution in [2.24, 2.45) is 4.99 Å². The molecule has 1 fully saturated rings. The molecule has 0 saturated carbocycles. The van der Waals surface area contributed by atoms with Crippen molar-refractivity contribution in [1.82, 2.24) is 20.6 Å². The van der Waals surface area contributed by atoms with Crippen molar-refractivity contribution in [1.29, 1.82) is 0 Å². The fourth-order valence-corrected chi connectivity index (χ4v) is 4.02. The number of fused-ring (bicyclic) bond motifs is 1. The summed E-state index contributed by atoms with van der Waals surface area (Å²) in [5.74, 6) is 1.94. The van der Waals surface area contributed by atoms with Crippen LogP contribution in [0.4, 0.5) is 5.82 Å². The van der Waals surface area contributed by atoms with Gasteiger partial charge in [-0.25, -0.2) is 9.98 Å². The maximum atomic E-state index is 4.79. The van der Waals surface area contributed by atoms with E-state index in [4.69, 9.17) is 4.99 Å². The Bertz CT molecular complexity index is 970. The first-order valence-corrected chi connectivity index (χ1v) is 11.1. The van der Waals surface area contributed by atoms with Crippen LogP contribution < -0.4 is 15.5 Å². The number of para-hydroxylation sites is 1. The maximum absolute atomic E-state index is 4.79. The number of hydrogen-bond donors (Lipinski definition) is 3. The number of aromatic amines is 1. The standard InChI is InChI=1S/C24H32N6/c1-2-25-24(27-13-11-20-18-28-22-9-5-4-8-21(20)22)29-17-19-10-12-26-23(16-19)30-14-6-3-7-15-30/h4-5,8-10,12,16,18,28H,2-3,6-7,11,13-15,17H2,1H3,(H2,25,27,29). The zero-order valence-electron chi connectivity index (χ0n) is 17.8. The first kappa shape index (κ1) is 20.3. The number of aliphatic imine (C=N–C) groups is 1. The number of piperidine rings is 1. The van der Waals surface area contributed by atoms with E-state index in [0.717, 1.165) is 44.4 Å². The molecule has 3 aromatic rings. The topological polar surface area (TPSA) is 68.3 Å². The van der Waals surface area contributed by atoms with Crippen LogP contribution in [0.5, 0.6) is 0 Å². The van der Waals surface area contributed by atoms with Crippen LogP contribution in [0.1, 0.15) is 37.3 Å². The van der Waals surface area contributed by atoms with Crippen LogP contribution in [0.3, 0.4) is 0 Å². The van der Waals surface area contributed by atoms with Crippen LogP contribution in [-0.4, -0.2) is 42.1 Å². The monoisotopic (exact) mass is 404 g/mol. The smallest absolute Gasteiger partial charge is 0.191 e. The van der Waals surface area contributed by atoms with E-state index < -0.39 is 0 Å². The lowest BCUT2D eigenvalue weighted by atomic mass is 10.1. The Morgan fingerprint density at radius 1 is 1.13 bits per heavy atom. The molecule has 2 aromatic heterocycles. The van der Waals surface area contributed by atoms with Crippen molar-refractivity contribution in [3.8, 4) is 0 Å². The second-order valence-electron chi connectivity index (χ2n) is 7.80. The fourth-order valence-electron chi connectivity index (χ4n) is 4.02. The van der Waals surface area contributed by atoms with E-state index in [2.05, 4.69) is 75.0 Å². The summed E-state index contributed by atoms with van der Waals surface area (Å²) < 4.78 is 0. The van der Waals surface area contributed by atoms with Gasteiger partial charge in [-0.3, -0.25) is 0 Å². The Morgan fingerprint density at radius 2 is 2.00 bits per heavy atom. The van der Waals surface area contributed by atoms with E-state index in [0.29, 0.717) is 6.54 Å². The van der Waals surface area contributed by atoms with Gasteiger partial charge in [0.1, 0.15) is 5.82 Å². The SMILES string of the molecule is CCNC(=NCc1ccnc(N2CCCCC2)c1)NCCc1c[nH]c2ccccc12. The molecule has 158 valence electrons. The molecule has 0 aliphatic carbocycles. The average molecular weight is 405 g/mol. The van der Waals surface area contributed by atoms with E-state index in [9.17, 15) is 0 Å². The van der Waals surface area contributed by atoms with E-state index in [1.54, 1.807) is 0 Å². The molecule has 0 unspecified atom stereocenters. The number of benzene rings is 1. The number of pyridine rings is 1. The molecular formula is C24H32N6. The third-order valence-electron chi connectivity index (χ3n) is 5.62. The summed E-state index contributed by atoms with van der Waals surface area (Å²) in [6.07, 6.45) is 8.81. The van der Waals surface area contributed by atoms with Crippen molar-refractivity contribution in [3.63, 3.8) is 0 Å². The highest BCUT2D eigenvalue weighted by Gasteiger charge is 2.12. The minimum absolute atomic E-state index is 0.645. The minimum atomic E-state index is 0.645. The molecule has 6 heteroatoms. The largest absolute Gasteiger partial charge is 0.361 e. The second kappa shape index (κ2) is 10.1. The average Bonchev–Trinajstić information content (AvgIpc) is 3.21. The molecule has 0 amide bonds. The van der Waals surface area contributed by atoms with Crippen molar-refractivity contribution in [2.75, 3.05) is 31.1 Å². The van der Waals surface area contributed by atoms with Gasteiger partial charge in [-0.1, -0.05) is 18.2 Å². The van der Waals surface area contributed by atoms with Crippen molar-refractivity contribution in [2.45, 2.75) is 39.2 Å². The predicted octanol–water partition coefficient (Wildman–Crippen LogP) is 3.85. The quantitative estimate of drug-likeness (QED) is 0.413. The summed E-state index contributed by atoms with van der Waals surface area (Å²) in [7, 11) is 0. The maximum Gasteiger partial charge on any atom is 0.191 e. The normalized spacial score (nSPS) is 14.8. The van der Waals surface area contributed by atoms with Crippen LogP contribution >= 0.6 is 0 Å². The highest BCUT2D eigenvalue weighted by atomic mass is 15.2. The first-order chi connectivity index (χ1) is 14.8. The van der Waals surface area contributed by atoms with Crippen LogP contribution in [0, 0.1) is 0 Å². The summed E-state index contributed by atoms with van der Waals surface area (Å²) >= 11 is 0. The molecule has 0 bridgehead atoms. The predicted molar refractivity (Wildman–Crippen MR) is 125 cm³/mol. The number of H-pyrrole nitrogens is 1. The molecular weight excluding hydrogens is 372 g/mol. The third-order valence-corrected chi connectivity index (χ3v) is 5.62. The molecule has 1 saturated heterocycles. The molecule has 0 spiro atoms. The molecule has 4 rings (SSSR count). The van der Waals surface area contributed by atoms with Gasteiger partial charge in [0.15, 0.2) is 5.96 Å². The van der Waals surface area contributed by atoms with Gasteiger partial charge in [0, 0.05) is 49.5 Å². The Morgan fingerprint density at radius 3 is 2.87 bits per heavy atom. The fraction of sp³-hybridized carbons (Fsp3) is 0.417. The first-order valence-electron chi connectivity index (χ1n) is 11.1. The van der Waals surface area contributed by atoms with Crippen molar-refractivity contribution < 1.29 is 0 Å². The van der Waals surface area contributed by atoms with Gasteiger partial charge in [0.25, 0.3) is 0 Å². The van der Waals surface area contributed by atoms with Gasteiger partial charge in [-0.15, -0.1) is 0 Å². The van der Waals surface area contributed by atoms with E-state index in [-0.39, 0.29) is 0 Å². The number of guanidine groups is 1. The highest BCUT2D eigenvalue weighted by Crippen LogP contribution is 2.19. The summed E-state index contributed by atoms with van der Waals surface area (Å²) in [5.41, 5.74) is 3.71. The summed E-state index contributed by atoms with van der Waals surface area (Å²) in [6.45, 7) is 6.64. The summed E-state index contributed by atoms with van der Waals surface area (Å²) in [6, 6.07) is 12.7. The summed E-state index contributed by atoms with van der Waals surface area (Å²) in [5, 5.41) is 8.12. The van der Waals surface area contributed by atoms with Gasteiger partial charge in [-0.05, 0) is 61.9 Å². The van der Waals surface area contributed by atoms with E-state index in [1.807, 2.05) is 6.20 Å². The van der Waals surface area contributed by atoms with E-state index >= 15 is 0 Å². The van der Waals surface area contributed by atoms with Gasteiger partial charge in [-0.2, -0.15) is 0 Å². The van der Waals surface area contributed by atoms with Crippen LogP contribution in [-0.2, 0) is 13.0 Å². The highest BCUT2D eigenvalue weighted by molar-refractivity contribution is 5.83. The molecule has 1 aliphatic rings. The molecule has 30 heavy (non-hydrogen) atoms. The zero-order valence-corrected chi connectivity index (χ0v) is 17.8. The molecule has 0 atom stereocenters. The van der Waals surface area contributed by atoms with Crippen molar-refractivity contribution >= 4 is 22.7 Å². The molecule has 1 aromatic carbocycles. The number of anilines is 1. The number of hydrogen-bond acceptors (Lipinski definition) is 3. The molecule has 3 heterocycles. The molecule has 6 nitrogen and oxygen atoms in total. The van der Waals surface area contributed by atoms with Gasteiger partial charge < -0.3 is 20.5 Å². The number of rotatable bonds is 7. The van der Waals surface area contributed by atoms with Gasteiger partial charge in [0.05, 0.1) is 6.54 Å². The summed E-state index contributed by atoms with van der Waals surface area (Å²) in [4.78, 5) is 15.1. The third kappa shape index (κ3) is 5.12. The molecule has 0 radical (unpaired) electrons. The van der Waals surface area contributed by atoms with Gasteiger partial charge in [0.2, 0.25) is 0 Å². The van der Waals surface area contributed by atoms with Crippen LogP contribution in [0.2, 0.25) is 0 Å². The second-order valence-corrected chi connectivity index (χ2v) is 7.80. The minimum Gasteiger partial charge on any atom is -0.361 e. The number of nitrogens with one attached hydrogen (secondary N) is 3. The van der Waals surface area contributed by atoms with Crippen molar-refractivity contribution in [3.05, 3.63) is 59.9 Å². The van der Waals surface area contributed by atoms with Crippen LogP contribution in [0.25, 0.3) is 10.9 Å². The lowest BCUT2D eigenvalue weighted by Crippen LogP contribution is -2.38. The Labute approximate surface area is 178 Å². The lowest BCUT2D eigenvalue weighted by Gasteiger charge is -2.27.